The summed E-state index contributed by atoms with van der Waals surface area (Å²) in [6.45, 7) is 7.81. The topological polar surface area (TPSA) is 54.9 Å². The van der Waals surface area contributed by atoms with E-state index in [9.17, 15) is 4.79 Å². The number of carbonyl (C=O) groups excluding carboxylic acids is 1. The number of para-hydroxylation sites is 1. The zero-order valence-corrected chi connectivity index (χ0v) is 15.6. The average Bonchev–Trinajstić information content (AvgIpc) is 2.57. The number of thioether (sulfide) groups is 1. The summed E-state index contributed by atoms with van der Waals surface area (Å²) in [5.41, 5.74) is 4.00. The van der Waals surface area contributed by atoms with Crippen molar-refractivity contribution in [1.82, 2.24) is 9.97 Å². The van der Waals surface area contributed by atoms with Gasteiger partial charge < -0.3 is 5.32 Å². The molecule has 1 N–H and O–H groups in total. The minimum atomic E-state index is -0.265. The van der Waals surface area contributed by atoms with Crippen LogP contribution in [-0.4, -0.2) is 21.1 Å². The molecule has 3 aromatic rings. The molecule has 3 rings (SSSR count). The Hall–Kier alpha value is -2.40. The van der Waals surface area contributed by atoms with Gasteiger partial charge in [0.2, 0.25) is 5.91 Å². The number of nitrogens with zero attached hydrogens (tertiary/aromatic N) is 2. The number of nitrogens with one attached hydrogen (secondary N) is 1. The normalized spacial score (nSPS) is 12.2. The lowest BCUT2D eigenvalue weighted by Gasteiger charge is -2.14. The molecule has 0 saturated heterocycles. The molecule has 1 amide bonds. The first-order chi connectivity index (χ1) is 11.9. The highest BCUT2D eigenvalue weighted by Gasteiger charge is 2.18. The molecule has 0 aliphatic rings. The molecule has 0 fully saturated rings. The summed E-state index contributed by atoms with van der Waals surface area (Å²) in [4.78, 5) is 21.6. The summed E-state index contributed by atoms with van der Waals surface area (Å²) in [7, 11) is 0. The van der Waals surface area contributed by atoms with Crippen LogP contribution >= 0.6 is 11.8 Å². The Balaban J connectivity index is 1.80. The fourth-order valence-corrected chi connectivity index (χ4v) is 3.64. The van der Waals surface area contributed by atoms with Crippen LogP contribution in [0.25, 0.3) is 10.9 Å². The third kappa shape index (κ3) is 3.99. The third-order valence-electron chi connectivity index (χ3n) is 3.98. The van der Waals surface area contributed by atoms with E-state index in [1.165, 1.54) is 17.3 Å². The van der Waals surface area contributed by atoms with Gasteiger partial charge in [-0.1, -0.05) is 47.7 Å². The molecule has 0 unspecified atom stereocenters. The Bertz CT molecular complexity index is 939. The molecule has 5 heteroatoms. The largest absolute Gasteiger partial charge is 0.325 e. The van der Waals surface area contributed by atoms with E-state index in [-0.39, 0.29) is 11.2 Å². The second-order valence-corrected chi connectivity index (χ2v) is 7.49. The highest BCUT2D eigenvalue weighted by Crippen LogP contribution is 2.29. The Labute approximate surface area is 152 Å². The second kappa shape index (κ2) is 7.23. The Morgan fingerprint density at radius 2 is 1.84 bits per heavy atom. The predicted octanol–water partition coefficient (Wildman–Crippen LogP) is 4.67. The van der Waals surface area contributed by atoms with Gasteiger partial charge in [0.1, 0.15) is 10.9 Å². The lowest BCUT2D eigenvalue weighted by atomic mass is 10.1. The third-order valence-corrected chi connectivity index (χ3v) is 5.08. The molecule has 4 nitrogen and oxygen atoms in total. The minimum absolute atomic E-state index is 0.0303. The summed E-state index contributed by atoms with van der Waals surface area (Å²) in [6.07, 6.45) is 0. The van der Waals surface area contributed by atoms with Gasteiger partial charge in [-0.3, -0.25) is 4.79 Å². The van der Waals surface area contributed by atoms with Gasteiger partial charge in [0, 0.05) is 11.1 Å². The summed E-state index contributed by atoms with van der Waals surface area (Å²) < 4.78 is 0. The number of carbonyl (C=O) groups is 1. The number of amides is 1. The summed E-state index contributed by atoms with van der Waals surface area (Å²) in [5.74, 6) is 0.681. The molecular weight excluding hydrogens is 330 g/mol. The molecule has 0 spiro atoms. The standard InChI is InChI=1S/C20H21N3OS/c1-12-9-10-17(13(2)11-12)23-19(24)14(3)25-20-16-7-5-6-8-18(16)21-15(4)22-20/h5-11,14H,1-4H3,(H,23,24)/t14-/m1/s1. The van der Waals surface area contributed by atoms with Crippen molar-refractivity contribution < 1.29 is 4.79 Å². The van der Waals surface area contributed by atoms with E-state index in [1.807, 2.05) is 64.1 Å². The maximum atomic E-state index is 12.6. The summed E-state index contributed by atoms with van der Waals surface area (Å²) in [6, 6.07) is 13.9. The quantitative estimate of drug-likeness (QED) is 0.548. The van der Waals surface area contributed by atoms with Crippen molar-refractivity contribution >= 4 is 34.3 Å². The number of aryl methyl sites for hydroxylation is 3. The minimum Gasteiger partial charge on any atom is -0.325 e. The number of benzene rings is 2. The second-order valence-electron chi connectivity index (χ2n) is 6.16. The first-order valence-corrected chi connectivity index (χ1v) is 9.10. The van der Waals surface area contributed by atoms with Crippen LogP contribution < -0.4 is 5.32 Å². The molecule has 0 radical (unpaired) electrons. The van der Waals surface area contributed by atoms with Crippen molar-refractivity contribution in [3.63, 3.8) is 0 Å². The molecule has 1 aromatic heterocycles. The zero-order valence-electron chi connectivity index (χ0n) is 14.8. The number of anilines is 1. The summed E-state index contributed by atoms with van der Waals surface area (Å²) in [5, 5.41) is 4.57. The van der Waals surface area contributed by atoms with E-state index in [0.29, 0.717) is 5.82 Å². The smallest absolute Gasteiger partial charge is 0.237 e. The molecule has 128 valence electrons. The molecule has 25 heavy (non-hydrogen) atoms. The Morgan fingerprint density at radius 1 is 1.08 bits per heavy atom. The maximum Gasteiger partial charge on any atom is 0.237 e. The van der Waals surface area contributed by atoms with Crippen molar-refractivity contribution in [2.24, 2.45) is 0 Å². The predicted molar refractivity (Wildman–Crippen MR) is 104 cm³/mol. The van der Waals surface area contributed by atoms with Gasteiger partial charge >= 0.3 is 0 Å². The van der Waals surface area contributed by atoms with Crippen molar-refractivity contribution in [3.8, 4) is 0 Å². The fraction of sp³-hybridized carbons (Fsp3) is 0.250. The van der Waals surface area contributed by atoms with E-state index in [0.717, 1.165) is 27.2 Å². The Morgan fingerprint density at radius 3 is 2.60 bits per heavy atom. The summed E-state index contributed by atoms with van der Waals surface area (Å²) >= 11 is 1.46. The molecule has 2 aromatic carbocycles. The van der Waals surface area contributed by atoms with Crippen molar-refractivity contribution in [2.75, 3.05) is 5.32 Å². The maximum absolute atomic E-state index is 12.6. The van der Waals surface area contributed by atoms with Crippen LogP contribution in [-0.2, 0) is 4.79 Å². The van der Waals surface area contributed by atoms with Gasteiger partial charge in [0.05, 0.1) is 10.8 Å². The van der Waals surface area contributed by atoms with E-state index >= 15 is 0 Å². The van der Waals surface area contributed by atoms with Crippen molar-refractivity contribution in [1.29, 1.82) is 0 Å². The van der Waals surface area contributed by atoms with E-state index < -0.39 is 0 Å². The molecular formula is C20H21N3OS. The lowest BCUT2D eigenvalue weighted by Crippen LogP contribution is -2.23. The SMILES string of the molecule is Cc1ccc(NC(=O)[C@@H](C)Sc2nc(C)nc3ccccc23)c(C)c1. The van der Waals surface area contributed by atoms with Gasteiger partial charge in [-0.25, -0.2) is 9.97 Å². The van der Waals surface area contributed by atoms with Gasteiger partial charge in [0.25, 0.3) is 0 Å². The first-order valence-electron chi connectivity index (χ1n) is 8.22. The van der Waals surface area contributed by atoms with Crippen LogP contribution in [0.1, 0.15) is 23.9 Å². The highest BCUT2D eigenvalue weighted by atomic mass is 32.2. The number of aromatic nitrogens is 2. The fourth-order valence-electron chi connectivity index (χ4n) is 2.66. The van der Waals surface area contributed by atoms with Crippen LogP contribution in [0.5, 0.6) is 0 Å². The van der Waals surface area contributed by atoms with E-state index in [2.05, 4.69) is 21.4 Å². The van der Waals surface area contributed by atoms with Crippen molar-refractivity contribution in [2.45, 2.75) is 38.0 Å². The lowest BCUT2D eigenvalue weighted by molar-refractivity contribution is -0.115. The molecule has 1 atom stereocenters. The molecule has 0 bridgehead atoms. The van der Waals surface area contributed by atoms with E-state index in [4.69, 9.17) is 0 Å². The van der Waals surface area contributed by atoms with Gasteiger partial charge in [-0.2, -0.15) is 0 Å². The van der Waals surface area contributed by atoms with Crippen LogP contribution in [0, 0.1) is 20.8 Å². The van der Waals surface area contributed by atoms with Gasteiger partial charge in [0.15, 0.2) is 0 Å². The van der Waals surface area contributed by atoms with Crippen LogP contribution in [0.2, 0.25) is 0 Å². The molecule has 0 saturated carbocycles. The average molecular weight is 351 g/mol. The first kappa shape index (κ1) is 17.4. The number of hydrogen-bond donors (Lipinski definition) is 1. The van der Waals surface area contributed by atoms with Crippen LogP contribution in [0.15, 0.2) is 47.5 Å². The number of hydrogen-bond acceptors (Lipinski definition) is 4. The van der Waals surface area contributed by atoms with Gasteiger partial charge in [-0.15, -0.1) is 0 Å². The molecule has 1 heterocycles. The van der Waals surface area contributed by atoms with Crippen LogP contribution in [0.4, 0.5) is 5.69 Å². The van der Waals surface area contributed by atoms with Gasteiger partial charge in [-0.05, 0) is 45.4 Å². The molecule has 0 aliphatic carbocycles. The number of fused-ring (bicyclic) bond motifs is 1. The number of rotatable bonds is 4. The van der Waals surface area contributed by atoms with E-state index in [1.54, 1.807) is 0 Å². The molecule has 0 aliphatic heterocycles. The zero-order chi connectivity index (χ0) is 18.0. The van der Waals surface area contributed by atoms with Crippen molar-refractivity contribution in [3.05, 3.63) is 59.4 Å². The Kier molecular flexibility index (Phi) is 5.04. The highest BCUT2D eigenvalue weighted by molar-refractivity contribution is 8.00. The van der Waals surface area contributed by atoms with Crippen LogP contribution in [0.3, 0.4) is 0 Å². The monoisotopic (exact) mass is 351 g/mol.